The third kappa shape index (κ3) is 7.05. The minimum Gasteiger partial charge on any atom is -0.352 e. The van der Waals surface area contributed by atoms with Crippen molar-refractivity contribution in [3.63, 3.8) is 0 Å². The zero-order valence-electron chi connectivity index (χ0n) is 21.4. The van der Waals surface area contributed by atoms with E-state index in [1.54, 1.807) is 4.90 Å². The smallest absolute Gasteiger partial charge is 0.243 e. The number of aryl methyl sites for hydroxylation is 1. The molecule has 0 fully saturated rings. The van der Waals surface area contributed by atoms with Crippen LogP contribution in [0.25, 0.3) is 0 Å². The summed E-state index contributed by atoms with van der Waals surface area (Å²) in [6, 6.07) is 27.9. The van der Waals surface area contributed by atoms with E-state index in [0.717, 1.165) is 28.7 Å². The highest BCUT2D eigenvalue weighted by Crippen LogP contribution is 2.30. The van der Waals surface area contributed by atoms with Crippen LogP contribution in [0, 0.1) is 6.92 Å². The van der Waals surface area contributed by atoms with Gasteiger partial charge in [0.15, 0.2) is 0 Å². The van der Waals surface area contributed by atoms with Crippen molar-refractivity contribution in [1.82, 2.24) is 10.2 Å². The number of carbonyl (C=O) groups is 2. The standard InChI is InChI=1S/C31H38N2O2/c1-5-24(4)32-31(35)29(6-2)33(22-27-20-14-13-15-23(27)3)30(34)21-28(25-16-9-7-10-17-25)26-18-11-8-12-19-26/h7-20,24,28-29H,5-6,21-22H2,1-4H3,(H,32,35)/t24-,29-/m1/s1. The van der Waals surface area contributed by atoms with Crippen molar-refractivity contribution in [2.24, 2.45) is 0 Å². The summed E-state index contributed by atoms with van der Waals surface area (Å²) in [5.41, 5.74) is 4.37. The van der Waals surface area contributed by atoms with E-state index >= 15 is 0 Å². The van der Waals surface area contributed by atoms with Crippen LogP contribution in [-0.2, 0) is 16.1 Å². The van der Waals surface area contributed by atoms with E-state index in [9.17, 15) is 9.59 Å². The van der Waals surface area contributed by atoms with Crippen LogP contribution in [0.2, 0.25) is 0 Å². The second kappa shape index (κ2) is 12.9. The number of hydrogen-bond acceptors (Lipinski definition) is 2. The van der Waals surface area contributed by atoms with E-state index < -0.39 is 6.04 Å². The Kier molecular flexibility index (Phi) is 9.66. The van der Waals surface area contributed by atoms with Gasteiger partial charge in [0.25, 0.3) is 0 Å². The number of carbonyl (C=O) groups excluding carboxylic acids is 2. The van der Waals surface area contributed by atoms with Crippen LogP contribution in [-0.4, -0.2) is 28.8 Å². The van der Waals surface area contributed by atoms with E-state index in [0.29, 0.717) is 19.4 Å². The number of amides is 2. The molecule has 0 spiro atoms. The minimum atomic E-state index is -0.525. The Morgan fingerprint density at radius 2 is 1.34 bits per heavy atom. The first kappa shape index (κ1) is 26.2. The highest BCUT2D eigenvalue weighted by atomic mass is 16.2. The highest BCUT2D eigenvalue weighted by Gasteiger charge is 2.31. The molecule has 0 bridgehead atoms. The number of nitrogens with zero attached hydrogens (tertiary/aromatic N) is 1. The molecule has 3 rings (SSSR count). The van der Waals surface area contributed by atoms with Crippen LogP contribution in [0.5, 0.6) is 0 Å². The predicted octanol–water partition coefficient (Wildman–Crippen LogP) is 6.24. The summed E-state index contributed by atoms with van der Waals surface area (Å²) >= 11 is 0. The van der Waals surface area contributed by atoms with Crippen LogP contribution >= 0.6 is 0 Å². The summed E-state index contributed by atoms with van der Waals surface area (Å²) in [7, 11) is 0. The molecule has 35 heavy (non-hydrogen) atoms. The number of rotatable bonds is 11. The summed E-state index contributed by atoms with van der Waals surface area (Å²) in [5, 5.41) is 3.10. The maximum absolute atomic E-state index is 14.0. The second-order valence-electron chi connectivity index (χ2n) is 9.27. The monoisotopic (exact) mass is 470 g/mol. The Bertz CT molecular complexity index is 1040. The molecule has 3 aromatic rings. The zero-order valence-corrected chi connectivity index (χ0v) is 21.4. The lowest BCUT2D eigenvalue weighted by atomic mass is 9.88. The van der Waals surface area contributed by atoms with Crippen LogP contribution in [0.1, 0.15) is 68.2 Å². The molecule has 3 aromatic carbocycles. The van der Waals surface area contributed by atoms with Gasteiger partial charge in [0, 0.05) is 24.9 Å². The summed E-state index contributed by atoms with van der Waals surface area (Å²) in [6.45, 7) is 8.49. The fraction of sp³-hybridized carbons (Fsp3) is 0.355. The van der Waals surface area contributed by atoms with Crippen molar-refractivity contribution in [3.05, 3.63) is 107 Å². The largest absolute Gasteiger partial charge is 0.352 e. The normalized spacial score (nSPS) is 12.7. The van der Waals surface area contributed by atoms with Gasteiger partial charge in [0.1, 0.15) is 6.04 Å². The van der Waals surface area contributed by atoms with Crippen molar-refractivity contribution in [3.8, 4) is 0 Å². The average Bonchev–Trinajstić information content (AvgIpc) is 2.89. The van der Waals surface area contributed by atoms with Gasteiger partial charge in [-0.15, -0.1) is 0 Å². The predicted molar refractivity (Wildman–Crippen MR) is 143 cm³/mol. The van der Waals surface area contributed by atoms with E-state index in [1.807, 2.05) is 75.4 Å². The Morgan fingerprint density at radius 3 is 1.86 bits per heavy atom. The number of hydrogen-bond donors (Lipinski definition) is 1. The van der Waals surface area contributed by atoms with Gasteiger partial charge in [-0.3, -0.25) is 9.59 Å². The van der Waals surface area contributed by atoms with E-state index in [2.05, 4.69) is 42.6 Å². The molecular formula is C31H38N2O2. The lowest BCUT2D eigenvalue weighted by Gasteiger charge is -2.33. The molecule has 2 atom stereocenters. The first-order valence-electron chi connectivity index (χ1n) is 12.7. The quantitative estimate of drug-likeness (QED) is 0.361. The highest BCUT2D eigenvalue weighted by molar-refractivity contribution is 5.88. The summed E-state index contributed by atoms with van der Waals surface area (Å²) in [6.07, 6.45) is 1.70. The van der Waals surface area contributed by atoms with Crippen LogP contribution < -0.4 is 5.32 Å². The number of nitrogens with one attached hydrogen (secondary N) is 1. The topological polar surface area (TPSA) is 49.4 Å². The van der Waals surface area contributed by atoms with Crippen LogP contribution in [0.4, 0.5) is 0 Å². The fourth-order valence-corrected chi connectivity index (χ4v) is 4.42. The van der Waals surface area contributed by atoms with Gasteiger partial charge in [-0.1, -0.05) is 98.8 Å². The Balaban J connectivity index is 1.96. The molecule has 0 aliphatic rings. The summed E-state index contributed by atoms with van der Waals surface area (Å²) < 4.78 is 0. The van der Waals surface area contributed by atoms with Crippen LogP contribution in [0.3, 0.4) is 0 Å². The molecule has 0 saturated heterocycles. The van der Waals surface area contributed by atoms with E-state index in [-0.39, 0.29) is 23.8 Å². The van der Waals surface area contributed by atoms with Crippen molar-refractivity contribution in [1.29, 1.82) is 0 Å². The maximum Gasteiger partial charge on any atom is 0.243 e. The van der Waals surface area contributed by atoms with Gasteiger partial charge in [0.05, 0.1) is 0 Å². The molecule has 2 amide bonds. The Hall–Kier alpha value is -3.40. The van der Waals surface area contributed by atoms with Crippen molar-refractivity contribution in [2.75, 3.05) is 0 Å². The van der Waals surface area contributed by atoms with Crippen molar-refractivity contribution >= 4 is 11.8 Å². The molecule has 0 heterocycles. The summed E-state index contributed by atoms with van der Waals surface area (Å²) in [5.74, 6) is -0.184. The molecule has 0 aromatic heterocycles. The molecular weight excluding hydrogens is 432 g/mol. The molecule has 0 aliphatic heterocycles. The summed E-state index contributed by atoms with van der Waals surface area (Å²) in [4.78, 5) is 29.1. The second-order valence-corrected chi connectivity index (χ2v) is 9.27. The van der Waals surface area contributed by atoms with Gasteiger partial charge in [-0.05, 0) is 48.9 Å². The number of benzene rings is 3. The molecule has 1 N–H and O–H groups in total. The van der Waals surface area contributed by atoms with Crippen molar-refractivity contribution < 1.29 is 9.59 Å². The first-order valence-corrected chi connectivity index (χ1v) is 12.7. The lowest BCUT2D eigenvalue weighted by molar-refractivity contribution is -0.141. The fourth-order valence-electron chi connectivity index (χ4n) is 4.42. The third-order valence-electron chi connectivity index (χ3n) is 6.77. The molecule has 184 valence electrons. The van der Waals surface area contributed by atoms with Gasteiger partial charge in [-0.25, -0.2) is 0 Å². The first-order chi connectivity index (χ1) is 16.9. The Morgan fingerprint density at radius 1 is 0.800 bits per heavy atom. The van der Waals surface area contributed by atoms with Crippen molar-refractivity contribution in [2.45, 2.75) is 71.5 Å². The van der Waals surface area contributed by atoms with E-state index in [4.69, 9.17) is 0 Å². The SMILES string of the molecule is CC[C@@H](C)NC(=O)[C@@H](CC)N(Cc1ccccc1C)C(=O)CC(c1ccccc1)c1ccccc1. The van der Waals surface area contributed by atoms with Gasteiger partial charge in [-0.2, -0.15) is 0 Å². The third-order valence-corrected chi connectivity index (χ3v) is 6.77. The maximum atomic E-state index is 14.0. The Labute approximate surface area is 210 Å². The lowest BCUT2D eigenvalue weighted by Crippen LogP contribution is -2.51. The zero-order chi connectivity index (χ0) is 25.2. The molecule has 0 radical (unpaired) electrons. The van der Waals surface area contributed by atoms with Gasteiger partial charge in [0.2, 0.25) is 11.8 Å². The average molecular weight is 471 g/mol. The van der Waals surface area contributed by atoms with Crippen LogP contribution in [0.15, 0.2) is 84.9 Å². The molecule has 0 aliphatic carbocycles. The minimum absolute atomic E-state index is 0.0166. The molecule has 0 unspecified atom stereocenters. The van der Waals surface area contributed by atoms with Gasteiger partial charge >= 0.3 is 0 Å². The van der Waals surface area contributed by atoms with Gasteiger partial charge < -0.3 is 10.2 Å². The molecule has 0 saturated carbocycles. The molecule has 4 heteroatoms. The molecule has 4 nitrogen and oxygen atoms in total. The van der Waals surface area contributed by atoms with E-state index in [1.165, 1.54) is 0 Å².